The first-order valence-electron chi connectivity index (χ1n) is 15.3. The maximum Gasteiger partial charge on any atom is 0.405 e. The molecule has 232 valence electrons. The fourth-order valence-corrected chi connectivity index (χ4v) is 7.85. The van der Waals surface area contributed by atoms with Gasteiger partial charge in [0.15, 0.2) is 0 Å². The number of ether oxygens (including phenoxy) is 2. The van der Waals surface area contributed by atoms with Crippen LogP contribution in [0, 0.1) is 29.1 Å². The van der Waals surface area contributed by atoms with Crippen molar-refractivity contribution in [1.82, 2.24) is 10.6 Å². The van der Waals surface area contributed by atoms with E-state index in [1.54, 1.807) is 0 Å². The highest BCUT2D eigenvalue weighted by Gasteiger charge is 2.56. The second-order valence-electron chi connectivity index (χ2n) is 13.5. The molecule has 3 aliphatic carbocycles. The third-order valence-corrected chi connectivity index (χ3v) is 9.67. The molecule has 4 N–H and O–H groups in total. The van der Waals surface area contributed by atoms with Crippen LogP contribution in [-0.4, -0.2) is 52.5 Å². The second-order valence-corrected chi connectivity index (χ2v) is 13.5. The highest BCUT2D eigenvalue weighted by atomic mass is 16.5. The van der Waals surface area contributed by atoms with E-state index >= 15 is 0 Å². The Morgan fingerprint density at radius 1 is 0.905 bits per heavy atom. The Balaban J connectivity index is 1.44. The van der Waals surface area contributed by atoms with Gasteiger partial charge in [-0.05, 0) is 104 Å². The number of rotatable bonds is 10. The fourth-order valence-electron chi connectivity index (χ4n) is 7.85. The lowest BCUT2D eigenvalue weighted by Crippen LogP contribution is -2.48. The lowest BCUT2D eigenvalue weighted by molar-refractivity contribution is -0.160. The maximum atomic E-state index is 13.1. The van der Waals surface area contributed by atoms with Crippen LogP contribution < -0.4 is 15.4 Å². The highest BCUT2D eigenvalue weighted by molar-refractivity contribution is 5.82. The van der Waals surface area contributed by atoms with Crippen LogP contribution >= 0.6 is 0 Å². The lowest BCUT2D eigenvalue weighted by atomic mass is 9.55. The van der Waals surface area contributed by atoms with Crippen LogP contribution in [0.15, 0.2) is 18.2 Å². The molecule has 7 atom stereocenters. The molecule has 2 saturated carbocycles. The summed E-state index contributed by atoms with van der Waals surface area (Å²) in [6.07, 6.45) is 3.49. The average molecular weight is 587 g/mol. The van der Waals surface area contributed by atoms with Crippen molar-refractivity contribution in [2.24, 2.45) is 29.1 Å². The molecular formula is C32H46N2O8. The summed E-state index contributed by atoms with van der Waals surface area (Å²) in [6.45, 7) is 9.98. The van der Waals surface area contributed by atoms with Crippen LogP contribution in [0.5, 0.6) is 5.75 Å². The predicted molar refractivity (Wildman–Crippen MR) is 155 cm³/mol. The average Bonchev–Trinajstić information content (AvgIpc) is 3.22. The minimum absolute atomic E-state index is 0.119. The summed E-state index contributed by atoms with van der Waals surface area (Å²) < 4.78 is 11.7. The Labute approximate surface area is 247 Å². The van der Waals surface area contributed by atoms with Gasteiger partial charge in [0.1, 0.15) is 23.9 Å². The molecule has 1 aromatic rings. The van der Waals surface area contributed by atoms with E-state index in [1.165, 1.54) is 5.56 Å². The Morgan fingerprint density at radius 3 is 2.12 bits per heavy atom. The van der Waals surface area contributed by atoms with Gasteiger partial charge >= 0.3 is 24.1 Å². The molecule has 0 aromatic heterocycles. The fraction of sp³-hybridized carbons (Fsp3) is 0.688. The SMILES string of the molecule is CC(C)C[C@H](NC(=O)O)C(=O)Oc1ccc2c(c1)CCC1C2CC[C@@]2(C)C1CC[C@@H]2OC(=O)[C@@H](CC(C)C)NC(=O)O. The van der Waals surface area contributed by atoms with Crippen molar-refractivity contribution in [3.05, 3.63) is 29.3 Å². The molecule has 0 spiro atoms. The van der Waals surface area contributed by atoms with E-state index in [-0.39, 0.29) is 23.4 Å². The van der Waals surface area contributed by atoms with Gasteiger partial charge < -0.3 is 30.3 Å². The zero-order valence-corrected chi connectivity index (χ0v) is 25.4. The molecule has 3 unspecified atom stereocenters. The largest absolute Gasteiger partial charge is 0.465 e. The molecular weight excluding hydrogens is 540 g/mol. The maximum absolute atomic E-state index is 13.1. The molecule has 0 radical (unpaired) electrons. The van der Waals surface area contributed by atoms with Gasteiger partial charge in [-0.1, -0.05) is 40.7 Å². The summed E-state index contributed by atoms with van der Waals surface area (Å²) in [5, 5.41) is 23.0. The minimum Gasteiger partial charge on any atom is -0.465 e. The molecule has 10 heteroatoms. The number of carbonyl (C=O) groups excluding carboxylic acids is 2. The first-order chi connectivity index (χ1) is 19.8. The topological polar surface area (TPSA) is 151 Å². The Morgan fingerprint density at radius 2 is 1.52 bits per heavy atom. The number of hydrogen-bond acceptors (Lipinski definition) is 6. The van der Waals surface area contributed by atoms with Crippen molar-refractivity contribution in [3.63, 3.8) is 0 Å². The summed E-state index contributed by atoms with van der Waals surface area (Å²) in [5.74, 6) is 0.827. The van der Waals surface area contributed by atoms with E-state index in [2.05, 4.69) is 23.6 Å². The molecule has 10 nitrogen and oxygen atoms in total. The van der Waals surface area contributed by atoms with Crippen molar-refractivity contribution in [2.45, 2.75) is 110 Å². The number of nitrogens with one attached hydrogen (secondary N) is 2. The Hall–Kier alpha value is -3.30. The molecule has 0 bridgehead atoms. The molecule has 0 saturated heterocycles. The van der Waals surface area contributed by atoms with E-state index in [0.29, 0.717) is 36.3 Å². The first-order valence-corrected chi connectivity index (χ1v) is 15.3. The summed E-state index contributed by atoms with van der Waals surface area (Å²) in [4.78, 5) is 48.3. The summed E-state index contributed by atoms with van der Waals surface area (Å²) in [5.41, 5.74) is 2.28. The van der Waals surface area contributed by atoms with Gasteiger partial charge in [0, 0.05) is 5.41 Å². The number of hydrogen-bond donors (Lipinski definition) is 4. The van der Waals surface area contributed by atoms with E-state index < -0.39 is 36.2 Å². The molecule has 3 aliphatic rings. The van der Waals surface area contributed by atoms with E-state index in [0.717, 1.165) is 44.1 Å². The van der Waals surface area contributed by atoms with Crippen LogP contribution in [0.1, 0.15) is 96.6 Å². The minimum atomic E-state index is -1.25. The molecule has 2 fully saturated rings. The van der Waals surface area contributed by atoms with Gasteiger partial charge in [-0.3, -0.25) is 0 Å². The number of fused-ring (bicyclic) bond motifs is 5. The number of benzene rings is 1. The monoisotopic (exact) mass is 586 g/mol. The number of aryl methyl sites for hydroxylation is 1. The molecule has 42 heavy (non-hydrogen) atoms. The van der Waals surface area contributed by atoms with Gasteiger partial charge in [0.2, 0.25) is 0 Å². The molecule has 4 rings (SSSR count). The van der Waals surface area contributed by atoms with Crippen molar-refractivity contribution in [2.75, 3.05) is 0 Å². The van der Waals surface area contributed by atoms with Crippen LogP contribution in [0.25, 0.3) is 0 Å². The van der Waals surface area contributed by atoms with Gasteiger partial charge in [-0.2, -0.15) is 0 Å². The summed E-state index contributed by atoms with van der Waals surface area (Å²) in [7, 11) is 0. The van der Waals surface area contributed by atoms with E-state index in [4.69, 9.17) is 14.6 Å². The summed E-state index contributed by atoms with van der Waals surface area (Å²) >= 11 is 0. The van der Waals surface area contributed by atoms with Gasteiger partial charge in [-0.15, -0.1) is 0 Å². The van der Waals surface area contributed by atoms with Crippen molar-refractivity contribution in [1.29, 1.82) is 0 Å². The van der Waals surface area contributed by atoms with Gasteiger partial charge in [0.05, 0.1) is 0 Å². The number of esters is 2. The van der Waals surface area contributed by atoms with Gasteiger partial charge in [0.25, 0.3) is 0 Å². The lowest BCUT2D eigenvalue weighted by Gasteiger charge is -2.50. The highest BCUT2D eigenvalue weighted by Crippen LogP contribution is 2.61. The predicted octanol–water partition coefficient (Wildman–Crippen LogP) is 5.72. The number of carboxylic acid groups (broad SMARTS) is 2. The first kappa shape index (κ1) is 31.6. The zero-order chi connectivity index (χ0) is 30.8. The van der Waals surface area contributed by atoms with Crippen molar-refractivity contribution >= 4 is 24.1 Å². The molecule has 2 amide bonds. The van der Waals surface area contributed by atoms with E-state index in [1.807, 2.05) is 39.8 Å². The second kappa shape index (κ2) is 12.9. The molecule has 0 heterocycles. The zero-order valence-electron chi connectivity index (χ0n) is 25.4. The van der Waals surface area contributed by atoms with Crippen LogP contribution in [0.2, 0.25) is 0 Å². The smallest absolute Gasteiger partial charge is 0.405 e. The normalized spacial score (nSPS) is 27.7. The van der Waals surface area contributed by atoms with Crippen LogP contribution in [-0.2, 0) is 20.7 Å². The standard InChI is InChI=1S/C32H46N2O8/c1-17(2)14-25(33-30(37)38)28(35)41-20-7-9-21-19(16-20)6-8-23-22(21)12-13-32(5)24(23)10-11-27(32)42-29(36)26(15-18(3)4)34-31(39)40/h7,9,16-18,22-27,33-34H,6,8,10-15H2,1-5H3,(H,37,38)(H,39,40)/t22?,23?,24?,25-,26+,27-,32-/m0/s1. The van der Waals surface area contributed by atoms with Crippen molar-refractivity contribution in [3.8, 4) is 5.75 Å². The molecule has 1 aromatic carbocycles. The van der Waals surface area contributed by atoms with Crippen LogP contribution in [0.4, 0.5) is 9.59 Å². The van der Waals surface area contributed by atoms with Gasteiger partial charge in [-0.25, -0.2) is 19.2 Å². The third kappa shape index (κ3) is 7.01. The van der Waals surface area contributed by atoms with Crippen LogP contribution in [0.3, 0.4) is 0 Å². The van der Waals surface area contributed by atoms with E-state index in [9.17, 15) is 24.3 Å². The van der Waals surface area contributed by atoms with Crippen molar-refractivity contribution < 1.29 is 38.9 Å². The Kier molecular flexibility index (Phi) is 9.73. The molecule has 0 aliphatic heterocycles. The third-order valence-electron chi connectivity index (χ3n) is 9.67. The quantitative estimate of drug-likeness (QED) is 0.201. The Bertz CT molecular complexity index is 1180. The number of carbonyl (C=O) groups is 4. The summed E-state index contributed by atoms with van der Waals surface area (Å²) in [6, 6.07) is 3.99. The number of amides is 2.